The normalized spacial score (nSPS) is 44.8. The highest BCUT2D eigenvalue weighted by Crippen LogP contribution is 2.71. The summed E-state index contributed by atoms with van der Waals surface area (Å²) in [6.07, 6.45) is 1.79. The number of rotatable bonds is 4. The van der Waals surface area contributed by atoms with E-state index in [9.17, 15) is 9.59 Å². The van der Waals surface area contributed by atoms with Crippen molar-refractivity contribution in [3.8, 4) is 0 Å². The fraction of sp³-hybridized carbons (Fsp3) is 0.714. The van der Waals surface area contributed by atoms with Crippen molar-refractivity contribution >= 4 is 11.9 Å². The molecule has 2 saturated carbocycles. The van der Waals surface area contributed by atoms with Gasteiger partial charge in [-0.3, -0.25) is 0 Å². The van der Waals surface area contributed by atoms with Crippen LogP contribution in [-0.4, -0.2) is 42.1 Å². The molecule has 6 heteroatoms. The van der Waals surface area contributed by atoms with Gasteiger partial charge in [0.1, 0.15) is 11.7 Å². The SMILES string of the molecule is C=C(C)C(=O)O[C@@H]1C2=C(C)C(=O)O[C@@]2(OCC)C[C@@]23O[C@@H]2CC[C@H](C)[C@@]13C. The molecule has 6 nitrogen and oxygen atoms in total. The molecule has 4 aliphatic rings. The van der Waals surface area contributed by atoms with Crippen molar-refractivity contribution in [1.82, 2.24) is 0 Å². The average molecular weight is 376 g/mol. The summed E-state index contributed by atoms with van der Waals surface area (Å²) in [7, 11) is 0. The molecule has 0 bridgehead atoms. The molecule has 0 amide bonds. The number of epoxide rings is 1. The van der Waals surface area contributed by atoms with Crippen LogP contribution in [0.4, 0.5) is 0 Å². The molecular formula is C21H28O6. The standard InChI is InChI=1S/C21H28O6/c1-7-24-21-10-20-14(26-20)9-8-12(4)19(20,6)16(25-17(22)11(2)3)15(21)13(5)18(23)27-21/h12,14,16H,2,7-10H2,1,3-6H3/t12-,14+,16+,19-,20+,21-/m0/s1. The van der Waals surface area contributed by atoms with Crippen LogP contribution in [0.5, 0.6) is 0 Å². The van der Waals surface area contributed by atoms with Crippen LogP contribution < -0.4 is 0 Å². The van der Waals surface area contributed by atoms with Gasteiger partial charge in [0.05, 0.1) is 18.1 Å². The number of fused-ring (bicyclic) bond motifs is 1. The number of carbonyl (C=O) groups is 2. The lowest BCUT2D eigenvalue weighted by atomic mass is 9.51. The zero-order valence-corrected chi connectivity index (χ0v) is 16.7. The molecule has 0 unspecified atom stereocenters. The van der Waals surface area contributed by atoms with E-state index in [0.717, 1.165) is 12.8 Å². The smallest absolute Gasteiger partial charge is 0.336 e. The van der Waals surface area contributed by atoms with Gasteiger partial charge in [-0.05, 0) is 39.5 Å². The number of hydrogen-bond acceptors (Lipinski definition) is 6. The van der Waals surface area contributed by atoms with Crippen LogP contribution in [0.2, 0.25) is 0 Å². The summed E-state index contributed by atoms with van der Waals surface area (Å²) in [6.45, 7) is 13.6. The summed E-state index contributed by atoms with van der Waals surface area (Å²) >= 11 is 0. The van der Waals surface area contributed by atoms with E-state index in [0.29, 0.717) is 29.7 Å². The molecule has 148 valence electrons. The molecular weight excluding hydrogens is 348 g/mol. The van der Waals surface area contributed by atoms with Gasteiger partial charge < -0.3 is 18.9 Å². The van der Waals surface area contributed by atoms with Gasteiger partial charge in [-0.25, -0.2) is 9.59 Å². The topological polar surface area (TPSA) is 74.4 Å². The van der Waals surface area contributed by atoms with Crippen LogP contribution in [0.1, 0.15) is 53.9 Å². The maximum atomic E-state index is 12.5. The third-order valence-corrected chi connectivity index (χ3v) is 7.24. The largest absolute Gasteiger partial charge is 0.453 e. The van der Waals surface area contributed by atoms with Crippen molar-refractivity contribution in [3.05, 3.63) is 23.3 Å². The van der Waals surface area contributed by atoms with Gasteiger partial charge in [0.15, 0.2) is 0 Å². The Morgan fingerprint density at radius 3 is 2.70 bits per heavy atom. The number of hydrogen-bond donors (Lipinski definition) is 0. The maximum Gasteiger partial charge on any atom is 0.336 e. The first-order chi connectivity index (χ1) is 12.6. The molecule has 3 fully saturated rings. The molecule has 0 aromatic carbocycles. The maximum absolute atomic E-state index is 12.5. The van der Waals surface area contributed by atoms with Crippen LogP contribution in [0.15, 0.2) is 23.3 Å². The van der Waals surface area contributed by atoms with Crippen molar-refractivity contribution < 1.29 is 28.5 Å². The lowest BCUT2D eigenvalue weighted by Crippen LogP contribution is -2.65. The van der Waals surface area contributed by atoms with Crippen molar-refractivity contribution in [2.24, 2.45) is 11.3 Å². The van der Waals surface area contributed by atoms with Gasteiger partial charge in [0.25, 0.3) is 0 Å². The molecule has 0 aromatic heterocycles. The Labute approximate surface area is 159 Å². The molecule has 4 rings (SSSR count). The van der Waals surface area contributed by atoms with E-state index >= 15 is 0 Å². The molecule has 0 N–H and O–H groups in total. The summed E-state index contributed by atoms with van der Waals surface area (Å²) in [5.41, 5.74) is 0.440. The quantitative estimate of drug-likeness (QED) is 0.426. The fourth-order valence-electron chi connectivity index (χ4n) is 5.56. The van der Waals surface area contributed by atoms with Gasteiger partial charge in [-0.2, -0.15) is 0 Å². The summed E-state index contributed by atoms with van der Waals surface area (Å²) < 4.78 is 24.1. The first-order valence-electron chi connectivity index (χ1n) is 9.76. The van der Waals surface area contributed by atoms with Crippen LogP contribution in [0, 0.1) is 11.3 Å². The Bertz CT molecular complexity index is 769. The predicted octanol–water partition coefficient (Wildman–Crippen LogP) is 3.06. The third kappa shape index (κ3) is 2.20. The van der Waals surface area contributed by atoms with Crippen LogP contribution in [-0.2, 0) is 28.5 Å². The molecule has 1 spiro atoms. The van der Waals surface area contributed by atoms with E-state index in [-0.39, 0.29) is 12.0 Å². The average Bonchev–Trinajstić information content (AvgIpc) is 3.25. The third-order valence-electron chi connectivity index (χ3n) is 7.24. The second kappa shape index (κ2) is 5.67. The van der Waals surface area contributed by atoms with E-state index < -0.39 is 34.8 Å². The van der Waals surface area contributed by atoms with Crippen LogP contribution >= 0.6 is 0 Å². The number of esters is 2. The Kier molecular flexibility index (Phi) is 3.93. The van der Waals surface area contributed by atoms with Gasteiger partial charge in [0.2, 0.25) is 5.79 Å². The van der Waals surface area contributed by atoms with Gasteiger partial charge in [-0.1, -0.05) is 20.4 Å². The summed E-state index contributed by atoms with van der Waals surface area (Å²) in [4.78, 5) is 25.1. The van der Waals surface area contributed by atoms with E-state index in [1.807, 2.05) is 6.92 Å². The van der Waals surface area contributed by atoms with Crippen molar-refractivity contribution in [2.75, 3.05) is 6.61 Å². The highest BCUT2D eigenvalue weighted by Gasteiger charge is 2.81. The molecule has 27 heavy (non-hydrogen) atoms. The lowest BCUT2D eigenvalue weighted by molar-refractivity contribution is -0.244. The second-order valence-corrected chi connectivity index (χ2v) is 8.61. The summed E-state index contributed by atoms with van der Waals surface area (Å²) in [5, 5.41) is 0. The Morgan fingerprint density at radius 1 is 1.37 bits per heavy atom. The molecule has 2 aliphatic carbocycles. The highest BCUT2D eigenvalue weighted by molar-refractivity contribution is 5.93. The fourth-order valence-corrected chi connectivity index (χ4v) is 5.56. The zero-order valence-electron chi connectivity index (χ0n) is 16.7. The second-order valence-electron chi connectivity index (χ2n) is 8.61. The minimum Gasteiger partial charge on any atom is -0.453 e. The first kappa shape index (κ1) is 18.7. The van der Waals surface area contributed by atoms with Gasteiger partial charge in [0, 0.05) is 23.2 Å². The predicted molar refractivity (Wildman–Crippen MR) is 96.6 cm³/mol. The Balaban J connectivity index is 1.90. The molecule has 0 aromatic rings. The Hall–Kier alpha value is -1.66. The van der Waals surface area contributed by atoms with Gasteiger partial charge >= 0.3 is 11.9 Å². The molecule has 1 saturated heterocycles. The highest BCUT2D eigenvalue weighted by atomic mass is 16.7. The van der Waals surface area contributed by atoms with E-state index in [1.165, 1.54) is 0 Å². The summed E-state index contributed by atoms with van der Waals surface area (Å²) in [5.74, 6) is -1.87. The number of carbonyl (C=O) groups excluding carboxylic acids is 2. The van der Waals surface area contributed by atoms with Crippen molar-refractivity contribution in [2.45, 2.75) is 77.5 Å². The van der Waals surface area contributed by atoms with Crippen LogP contribution in [0.3, 0.4) is 0 Å². The first-order valence-corrected chi connectivity index (χ1v) is 9.76. The summed E-state index contributed by atoms with van der Waals surface area (Å²) in [6, 6.07) is 0. The molecule has 2 aliphatic heterocycles. The molecule has 0 radical (unpaired) electrons. The minimum absolute atomic E-state index is 0.0724. The van der Waals surface area contributed by atoms with Gasteiger partial charge in [-0.15, -0.1) is 0 Å². The van der Waals surface area contributed by atoms with E-state index in [1.54, 1.807) is 13.8 Å². The molecule has 6 atom stereocenters. The Morgan fingerprint density at radius 2 is 2.07 bits per heavy atom. The van der Waals surface area contributed by atoms with Crippen molar-refractivity contribution in [1.29, 1.82) is 0 Å². The van der Waals surface area contributed by atoms with E-state index in [4.69, 9.17) is 18.9 Å². The monoisotopic (exact) mass is 376 g/mol. The van der Waals surface area contributed by atoms with Crippen LogP contribution in [0.25, 0.3) is 0 Å². The zero-order chi connectivity index (χ0) is 19.8. The minimum atomic E-state index is -1.22. The number of ether oxygens (including phenoxy) is 4. The van der Waals surface area contributed by atoms with E-state index in [2.05, 4.69) is 20.4 Å². The van der Waals surface area contributed by atoms with Crippen molar-refractivity contribution in [3.63, 3.8) is 0 Å². The lowest BCUT2D eigenvalue weighted by Gasteiger charge is -2.55. The molecule has 2 heterocycles.